The summed E-state index contributed by atoms with van der Waals surface area (Å²) in [6.07, 6.45) is 0. The maximum Gasteiger partial charge on any atom is 0.261 e. The van der Waals surface area contributed by atoms with E-state index in [0.717, 1.165) is 5.56 Å². The molecule has 2 N–H and O–H groups in total. The van der Waals surface area contributed by atoms with Crippen LogP contribution in [0.3, 0.4) is 0 Å². The summed E-state index contributed by atoms with van der Waals surface area (Å²) in [7, 11) is -3.72. The van der Waals surface area contributed by atoms with E-state index in [1.54, 1.807) is 37.3 Å². The van der Waals surface area contributed by atoms with E-state index >= 15 is 0 Å². The summed E-state index contributed by atoms with van der Waals surface area (Å²) >= 11 is 0. The van der Waals surface area contributed by atoms with Crippen LogP contribution in [0.15, 0.2) is 83.8 Å². The molecule has 0 aliphatic rings. The Morgan fingerprint density at radius 3 is 2.23 bits per heavy atom. The van der Waals surface area contributed by atoms with Crippen LogP contribution in [0.4, 0.5) is 5.69 Å². The van der Waals surface area contributed by atoms with Crippen molar-refractivity contribution in [1.29, 1.82) is 0 Å². The Balaban J connectivity index is 1.60. The predicted molar refractivity (Wildman–Crippen MR) is 117 cm³/mol. The largest absolute Gasteiger partial charge is 0.484 e. The number of nitrogens with one attached hydrogen (secondary N) is 2. The van der Waals surface area contributed by atoms with Gasteiger partial charge in [0.2, 0.25) is 0 Å². The van der Waals surface area contributed by atoms with E-state index in [-0.39, 0.29) is 23.5 Å². The Hall–Kier alpha value is -3.32. The van der Waals surface area contributed by atoms with Crippen LogP contribution in [0, 0.1) is 6.92 Å². The van der Waals surface area contributed by atoms with E-state index in [9.17, 15) is 13.2 Å². The topological polar surface area (TPSA) is 84.5 Å². The van der Waals surface area contributed by atoms with Crippen molar-refractivity contribution in [2.45, 2.75) is 24.8 Å². The van der Waals surface area contributed by atoms with E-state index in [4.69, 9.17) is 4.74 Å². The molecule has 0 bridgehead atoms. The smallest absolute Gasteiger partial charge is 0.261 e. The summed E-state index contributed by atoms with van der Waals surface area (Å²) in [6, 6.07) is 22.7. The van der Waals surface area contributed by atoms with Gasteiger partial charge in [0.25, 0.3) is 15.9 Å². The first-order valence-corrected chi connectivity index (χ1v) is 11.0. The number of hydrogen-bond donors (Lipinski definition) is 2. The highest BCUT2D eigenvalue weighted by atomic mass is 32.2. The van der Waals surface area contributed by atoms with Gasteiger partial charge < -0.3 is 10.1 Å². The first kappa shape index (κ1) is 21.4. The molecule has 0 aliphatic carbocycles. The molecule has 0 aliphatic heterocycles. The van der Waals surface area contributed by atoms with E-state index in [2.05, 4.69) is 10.0 Å². The van der Waals surface area contributed by atoms with Crippen molar-refractivity contribution >= 4 is 21.6 Å². The maximum atomic E-state index is 12.6. The number of benzene rings is 3. The molecule has 0 unspecified atom stereocenters. The molecule has 0 aromatic heterocycles. The van der Waals surface area contributed by atoms with Crippen molar-refractivity contribution in [3.05, 3.63) is 90.0 Å². The zero-order valence-corrected chi connectivity index (χ0v) is 17.6. The summed E-state index contributed by atoms with van der Waals surface area (Å²) in [4.78, 5) is 12.3. The molecule has 0 saturated carbocycles. The Morgan fingerprint density at radius 2 is 1.60 bits per heavy atom. The van der Waals surface area contributed by atoms with E-state index in [0.29, 0.717) is 17.0 Å². The monoisotopic (exact) mass is 424 g/mol. The molecule has 1 atom stereocenters. The third-order valence-corrected chi connectivity index (χ3v) is 5.90. The average molecular weight is 425 g/mol. The van der Waals surface area contributed by atoms with Crippen LogP contribution >= 0.6 is 0 Å². The van der Waals surface area contributed by atoms with Crippen LogP contribution < -0.4 is 14.8 Å². The molecule has 3 rings (SSSR count). The van der Waals surface area contributed by atoms with Crippen molar-refractivity contribution in [2.24, 2.45) is 0 Å². The normalized spacial score (nSPS) is 12.1. The second kappa shape index (κ2) is 9.45. The van der Waals surface area contributed by atoms with Gasteiger partial charge in [0, 0.05) is 5.69 Å². The van der Waals surface area contributed by atoms with Crippen molar-refractivity contribution < 1.29 is 17.9 Å². The van der Waals surface area contributed by atoms with Crippen LogP contribution in [0.25, 0.3) is 0 Å². The number of ether oxygens (including phenoxy) is 1. The number of aryl methyl sites for hydroxylation is 1. The summed E-state index contributed by atoms with van der Waals surface area (Å²) in [5.74, 6) is 0.198. The highest BCUT2D eigenvalue weighted by Crippen LogP contribution is 2.23. The van der Waals surface area contributed by atoms with Crippen molar-refractivity contribution in [1.82, 2.24) is 5.32 Å². The minimum Gasteiger partial charge on any atom is -0.484 e. The highest BCUT2D eigenvalue weighted by Gasteiger charge is 2.16. The van der Waals surface area contributed by atoms with Crippen LogP contribution in [0.5, 0.6) is 5.75 Å². The van der Waals surface area contributed by atoms with E-state index in [1.165, 1.54) is 12.1 Å². The number of carbonyl (C=O) groups is 1. The fourth-order valence-corrected chi connectivity index (χ4v) is 4.07. The zero-order valence-electron chi connectivity index (χ0n) is 16.8. The fraction of sp³-hybridized carbons (Fsp3) is 0.174. The third-order valence-electron chi connectivity index (χ3n) is 4.52. The lowest BCUT2D eigenvalue weighted by molar-refractivity contribution is -0.123. The van der Waals surface area contributed by atoms with Gasteiger partial charge in [0.15, 0.2) is 6.61 Å². The van der Waals surface area contributed by atoms with Gasteiger partial charge >= 0.3 is 0 Å². The van der Waals surface area contributed by atoms with Gasteiger partial charge in [0.1, 0.15) is 5.75 Å². The van der Waals surface area contributed by atoms with Crippen LogP contribution in [0.2, 0.25) is 0 Å². The van der Waals surface area contributed by atoms with E-state index < -0.39 is 10.0 Å². The Kier molecular flexibility index (Phi) is 6.74. The van der Waals surface area contributed by atoms with Gasteiger partial charge in [-0.05, 0) is 55.3 Å². The molecular weight excluding hydrogens is 400 g/mol. The van der Waals surface area contributed by atoms with Crippen molar-refractivity contribution in [2.75, 3.05) is 11.3 Å². The van der Waals surface area contributed by atoms with E-state index in [1.807, 2.05) is 43.3 Å². The minimum atomic E-state index is -3.72. The fourth-order valence-electron chi connectivity index (χ4n) is 2.92. The molecule has 30 heavy (non-hydrogen) atoms. The number of carbonyl (C=O) groups excluding carboxylic acids is 1. The Bertz CT molecular complexity index is 1100. The molecule has 7 heteroatoms. The first-order valence-electron chi connectivity index (χ1n) is 9.51. The molecule has 1 amide bonds. The molecule has 6 nitrogen and oxygen atoms in total. The SMILES string of the molecule is Cc1cc(S(=O)(=O)Nc2ccccc2)ccc1OCC(=O)N[C@H](C)c1ccccc1. The molecule has 0 fully saturated rings. The van der Waals surface area contributed by atoms with Crippen molar-refractivity contribution in [3.8, 4) is 5.75 Å². The molecule has 0 heterocycles. The summed E-state index contributed by atoms with van der Waals surface area (Å²) in [5, 5.41) is 2.88. The first-order chi connectivity index (χ1) is 14.3. The summed E-state index contributed by atoms with van der Waals surface area (Å²) < 4.78 is 33.3. The molecule has 0 spiro atoms. The molecule has 0 saturated heterocycles. The second-order valence-electron chi connectivity index (χ2n) is 6.89. The quantitative estimate of drug-likeness (QED) is 0.571. The Labute approximate surface area is 177 Å². The van der Waals surface area contributed by atoms with Crippen LogP contribution in [0.1, 0.15) is 24.1 Å². The molecule has 156 valence electrons. The summed E-state index contributed by atoms with van der Waals surface area (Å²) in [6.45, 7) is 3.48. The number of rotatable bonds is 8. The maximum absolute atomic E-state index is 12.6. The van der Waals surface area contributed by atoms with Gasteiger partial charge in [-0.1, -0.05) is 48.5 Å². The average Bonchev–Trinajstić information content (AvgIpc) is 2.74. The highest BCUT2D eigenvalue weighted by molar-refractivity contribution is 7.92. The summed E-state index contributed by atoms with van der Waals surface area (Å²) in [5.41, 5.74) is 2.11. The molecular formula is C23H24N2O4S. The number of para-hydroxylation sites is 1. The molecule has 3 aromatic carbocycles. The lowest BCUT2D eigenvalue weighted by atomic mass is 10.1. The lowest BCUT2D eigenvalue weighted by Crippen LogP contribution is -2.31. The predicted octanol–water partition coefficient (Wildman–Crippen LogP) is 4.05. The van der Waals surface area contributed by atoms with Crippen LogP contribution in [-0.2, 0) is 14.8 Å². The van der Waals surface area contributed by atoms with Crippen molar-refractivity contribution in [3.63, 3.8) is 0 Å². The number of hydrogen-bond acceptors (Lipinski definition) is 4. The van der Waals surface area contributed by atoms with Gasteiger partial charge in [-0.3, -0.25) is 9.52 Å². The van der Waals surface area contributed by atoms with Gasteiger partial charge in [-0.15, -0.1) is 0 Å². The van der Waals surface area contributed by atoms with Gasteiger partial charge in [-0.25, -0.2) is 8.42 Å². The Morgan fingerprint density at radius 1 is 0.967 bits per heavy atom. The van der Waals surface area contributed by atoms with Gasteiger partial charge in [0.05, 0.1) is 10.9 Å². The molecule has 3 aromatic rings. The lowest BCUT2D eigenvalue weighted by Gasteiger charge is -2.15. The number of sulfonamides is 1. The minimum absolute atomic E-state index is 0.123. The van der Waals surface area contributed by atoms with Gasteiger partial charge in [-0.2, -0.15) is 0 Å². The molecule has 0 radical (unpaired) electrons. The third kappa shape index (κ3) is 5.61. The van der Waals surface area contributed by atoms with Crippen LogP contribution in [-0.4, -0.2) is 20.9 Å². The second-order valence-corrected chi connectivity index (χ2v) is 8.57. The zero-order chi connectivity index (χ0) is 21.6. The standard InChI is InChI=1S/C23H24N2O4S/c1-17-15-21(30(27,28)25-20-11-7-4-8-12-20)13-14-22(17)29-16-23(26)24-18(2)19-9-5-3-6-10-19/h3-15,18,25H,16H2,1-2H3,(H,24,26)/t18-/m1/s1. The number of amides is 1. The number of anilines is 1.